The molecule has 1 aliphatic rings. The molecule has 1 aromatic rings. The summed E-state index contributed by atoms with van der Waals surface area (Å²) in [5.74, 6) is -15.6. The molecule has 16 atom stereocenters. The number of rotatable bonds is 23. The van der Waals surface area contributed by atoms with E-state index in [9.17, 15) is 73.5 Å². The fourth-order valence-electron chi connectivity index (χ4n) is 9.53. The van der Waals surface area contributed by atoms with Gasteiger partial charge in [0.05, 0.1) is 37.4 Å². The Kier molecular flexibility index (Phi) is 32.9. The maximum atomic E-state index is 15.4. The first-order chi connectivity index (χ1) is 42.3. The number of guanidine groups is 1. The first-order valence-corrected chi connectivity index (χ1v) is 30.5. The van der Waals surface area contributed by atoms with Crippen LogP contribution in [0.4, 0.5) is 0 Å². The van der Waals surface area contributed by atoms with Gasteiger partial charge in [0.15, 0.2) is 24.2 Å². The summed E-state index contributed by atoms with van der Waals surface area (Å²) in [4.78, 5) is 160. The van der Waals surface area contributed by atoms with Crippen molar-refractivity contribution in [1.82, 2.24) is 53.2 Å². The zero-order valence-corrected chi connectivity index (χ0v) is 54.1. The maximum Gasteiger partial charge on any atom is 0.331 e. The minimum Gasteiger partial charge on any atom is -0.454 e. The topological polar surface area (TPSA) is 535 Å². The zero-order chi connectivity index (χ0) is 69.4. The molecule has 1 fully saturated rings. The van der Waals surface area contributed by atoms with Gasteiger partial charge in [-0.1, -0.05) is 113 Å². The van der Waals surface area contributed by atoms with Crippen LogP contribution in [0.25, 0.3) is 0 Å². The van der Waals surface area contributed by atoms with Crippen molar-refractivity contribution in [1.29, 1.82) is 0 Å². The molecule has 1 aromatic carbocycles. The van der Waals surface area contributed by atoms with E-state index in [2.05, 4.69) is 52.8 Å². The molecule has 0 aliphatic carbocycles. The van der Waals surface area contributed by atoms with Gasteiger partial charge in [-0.3, -0.25) is 58.3 Å². The minimum absolute atomic E-state index is 0.00335. The molecule has 0 radical (unpaired) electrons. The van der Waals surface area contributed by atoms with Gasteiger partial charge in [0.1, 0.15) is 48.5 Å². The molecule has 32 nitrogen and oxygen atoms in total. The maximum absolute atomic E-state index is 15.4. The number of nitrogens with zero attached hydrogens (tertiary/aromatic N) is 1. The molecule has 2 rings (SSSR count). The molecule has 0 saturated carbocycles. The van der Waals surface area contributed by atoms with Gasteiger partial charge in [0.2, 0.25) is 59.1 Å². The lowest BCUT2D eigenvalue weighted by Gasteiger charge is -2.36. The van der Waals surface area contributed by atoms with E-state index < -0.39 is 187 Å². The fourth-order valence-corrected chi connectivity index (χ4v) is 9.53. The van der Waals surface area contributed by atoms with E-state index in [1.807, 2.05) is 19.2 Å². The van der Waals surface area contributed by atoms with Gasteiger partial charge in [-0.15, -0.1) is 0 Å². The van der Waals surface area contributed by atoms with E-state index in [-0.39, 0.29) is 68.4 Å². The smallest absolute Gasteiger partial charge is 0.331 e. The molecule has 10 amide bonds. The third-order valence-corrected chi connectivity index (χ3v) is 14.7. The molecule has 2 unspecified atom stereocenters. The lowest BCUT2D eigenvalue weighted by atomic mass is 9.87. The first-order valence-electron chi connectivity index (χ1n) is 30.5. The van der Waals surface area contributed by atoms with Gasteiger partial charge in [0, 0.05) is 6.54 Å². The number of hydrogen-bond acceptors (Lipinski definition) is 20. The number of carbonyl (C=O) groups excluding carboxylic acids is 11. The number of benzene rings is 1. The Hall–Kier alpha value is -7.62. The molecule has 1 saturated heterocycles. The van der Waals surface area contributed by atoms with Gasteiger partial charge >= 0.3 is 5.97 Å². The van der Waals surface area contributed by atoms with Crippen molar-refractivity contribution in [2.75, 3.05) is 19.7 Å². The third kappa shape index (κ3) is 26.6. The number of ether oxygens (including phenoxy) is 1. The second kappa shape index (κ2) is 37.6. The van der Waals surface area contributed by atoms with Crippen molar-refractivity contribution in [2.45, 2.75) is 213 Å². The lowest BCUT2D eigenvalue weighted by molar-refractivity contribution is -0.159. The van der Waals surface area contributed by atoms with Crippen molar-refractivity contribution in [3.05, 3.63) is 35.9 Å². The molecule has 1 heterocycles. The van der Waals surface area contributed by atoms with Gasteiger partial charge in [-0.2, -0.15) is 0 Å². The van der Waals surface area contributed by atoms with Crippen LogP contribution in [0.15, 0.2) is 35.3 Å². The van der Waals surface area contributed by atoms with Gasteiger partial charge in [0.25, 0.3) is 0 Å². The number of nitrogens with one attached hydrogen (secondary N) is 10. The van der Waals surface area contributed by atoms with Crippen LogP contribution in [0.2, 0.25) is 0 Å². The summed E-state index contributed by atoms with van der Waals surface area (Å²) in [5.41, 5.74) is 22.0. The second-order valence-electron chi connectivity index (χ2n) is 25.3. The highest BCUT2D eigenvalue weighted by molar-refractivity contribution is 5.99. The minimum atomic E-state index is -2.57. The molecule has 0 aromatic heterocycles. The molecular weight excluding hydrogens is 1190 g/mol. The third-order valence-electron chi connectivity index (χ3n) is 14.7. The highest BCUT2D eigenvalue weighted by Crippen LogP contribution is 2.27. The van der Waals surface area contributed by atoms with Crippen molar-refractivity contribution in [2.24, 2.45) is 57.0 Å². The Balaban J connectivity index is 3.15. The standard InChI is InChI=1S/C59H101N15O17/c1-13-30(8)39-53(86)72-40(31(9)76)52(85)65-25-38(77)70-42(45(79)47(61)80)55(88)69-37(26-75)57(90)91-46(32-18-15-14-16-19-32)43(74-51(84)36(24-59(10,11)12)68-48(81)33(60)22-27(2)3)56(89)73-41(44(78)29(6)7)54(87)67-35(23-28(4)5)50(83)66-34(49(82)71-39)20-17-21-64-58(62)63/h14-16,18-19,27-31,33-37,39-46,51,74-76,78-79,84H,13,17,20-26,60H2,1-12H3,(H2,61,80)(H,65,85)(H,66,83)(H,67,87)(H,68,81)(H,69,88)(H,70,77)(H,71,82)(H,72,86)(H,73,89)(H4,62,63,64)/t30-,31-,33+,34+,35-,36-,37-,39-,40-,41?,42-,43-,44+,45-,46+,51?/m0/s1. The van der Waals surface area contributed by atoms with Gasteiger partial charge in [-0.25, -0.2) is 4.79 Å². The number of aliphatic hydroxyl groups is 5. The SMILES string of the molecule is CC[C@H](C)[C@@H]1NC(=O)[C@@H](CCCN=C(N)N)NC(=O)[C@H](CC(C)C)NC(=O)C([C@H](O)C(C)C)NC(=O)[C@@H](NC(O)[C@H](CC(C)(C)C)NC(=O)[C@H](N)CC(C)C)[C@@H](c2ccccc2)OC(=O)[C@H](CO)NC(=O)[C@H]([C@H](O)C(N)=O)NC(=O)CNC(=O)[C@H]([C@H](C)O)NC1=O. The van der Waals surface area contributed by atoms with E-state index in [0.717, 1.165) is 6.92 Å². The predicted molar refractivity (Wildman–Crippen MR) is 332 cm³/mol. The average Bonchev–Trinajstić information content (AvgIpc) is 1.10. The Morgan fingerprint density at radius 2 is 1.24 bits per heavy atom. The van der Waals surface area contributed by atoms with E-state index in [4.69, 9.17) is 27.7 Å². The van der Waals surface area contributed by atoms with Crippen LogP contribution < -0.4 is 76.1 Å². The van der Waals surface area contributed by atoms with Crippen LogP contribution in [-0.4, -0.2) is 201 Å². The Morgan fingerprint density at radius 1 is 0.692 bits per heavy atom. The molecule has 23 N–H and O–H groups in total. The molecule has 514 valence electrons. The normalized spacial score (nSPS) is 25.2. The summed E-state index contributed by atoms with van der Waals surface area (Å²) in [6.07, 6.45) is -9.82. The lowest BCUT2D eigenvalue weighted by Crippen LogP contribution is -2.65. The summed E-state index contributed by atoms with van der Waals surface area (Å²) in [5, 5.41) is 81.0. The van der Waals surface area contributed by atoms with E-state index in [0.29, 0.717) is 0 Å². The predicted octanol–water partition coefficient (Wildman–Crippen LogP) is -5.25. The second-order valence-corrected chi connectivity index (χ2v) is 25.3. The van der Waals surface area contributed by atoms with E-state index in [1.165, 1.54) is 38.1 Å². The summed E-state index contributed by atoms with van der Waals surface area (Å²) < 4.78 is 5.98. The summed E-state index contributed by atoms with van der Waals surface area (Å²) >= 11 is 0. The number of hydrogen-bond donors (Lipinski definition) is 19. The Bertz CT molecular complexity index is 2640. The summed E-state index contributed by atoms with van der Waals surface area (Å²) in [6.45, 7) is 17.4. The molecular formula is C59H101N15O17. The summed E-state index contributed by atoms with van der Waals surface area (Å²) in [7, 11) is 0. The van der Waals surface area contributed by atoms with Crippen LogP contribution >= 0.6 is 0 Å². The van der Waals surface area contributed by atoms with Crippen LogP contribution in [0.1, 0.15) is 133 Å². The largest absolute Gasteiger partial charge is 0.454 e. The van der Waals surface area contributed by atoms with Gasteiger partial charge < -0.3 is 101 Å². The monoisotopic (exact) mass is 1290 g/mol. The van der Waals surface area contributed by atoms with Crippen LogP contribution in [0.5, 0.6) is 0 Å². The molecule has 1 aliphatic heterocycles. The van der Waals surface area contributed by atoms with Crippen molar-refractivity contribution < 1.29 is 83.0 Å². The Morgan fingerprint density at radius 3 is 1.77 bits per heavy atom. The highest BCUT2D eigenvalue weighted by atomic mass is 16.5. The van der Waals surface area contributed by atoms with Crippen molar-refractivity contribution in [3.63, 3.8) is 0 Å². The zero-order valence-electron chi connectivity index (χ0n) is 54.1. The Labute approximate surface area is 530 Å². The highest BCUT2D eigenvalue weighted by Gasteiger charge is 2.44. The van der Waals surface area contributed by atoms with E-state index >= 15 is 4.79 Å². The van der Waals surface area contributed by atoms with Crippen LogP contribution in [0, 0.1) is 29.1 Å². The quantitative estimate of drug-likeness (QED) is 0.0160. The number of esters is 1. The average molecular weight is 1290 g/mol. The van der Waals surface area contributed by atoms with Crippen LogP contribution in [-0.2, 0) is 57.5 Å². The first kappa shape index (κ1) is 79.5. The number of carbonyl (C=O) groups is 11. The number of aliphatic imine (C=N–C) groups is 1. The molecule has 0 spiro atoms. The number of amides is 10. The van der Waals surface area contributed by atoms with E-state index in [1.54, 1.807) is 54.5 Å². The number of cyclic esters (lactones) is 1. The van der Waals surface area contributed by atoms with Crippen molar-refractivity contribution in [3.8, 4) is 0 Å². The molecule has 0 bridgehead atoms. The van der Waals surface area contributed by atoms with Crippen molar-refractivity contribution >= 4 is 71.0 Å². The molecule has 91 heavy (non-hydrogen) atoms. The fraction of sp³-hybridized carbons (Fsp3) is 0.695. The number of aliphatic hydroxyl groups excluding tert-OH is 5. The molecule has 32 heteroatoms. The van der Waals surface area contributed by atoms with Gasteiger partial charge in [-0.05, 0) is 73.7 Å². The number of nitrogens with two attached hydrogens (primary N) is 4. The van der Waals surface area contributed by atoms with Crippen LogP contribution in [0.3, 0.4) is 0 Å². The number of primary amides is 1. The summed E-state index contributed by atoms with van der Waals surface area (Å²) in [6, 6.07) is -10.2.